The van der Waals surface area contributed by atoms with Crippen LogP contribution < -0.4 is 0 Å². The van der Waals surface area contributed by atoms with Crippen LogP contribution in [0, 0.1) is 5.92 Å². The van der Waals surface area contributed by atoms with Crippen LogP contribution in [0.1, 0.15) is 0 Å². The molecule has 2 fully saturated rings. The van der Waals surface area contributed by atoms with Gasteiger partial charge in [-0.3, -0.25) is 0 Å². The van der Waals surface area contributed by atoms with Gasteiger partial charge in [-0.1, -0.05) is 0 Å². The Morgan fingerprint density at radius 3 is 2.81 bits per heavy atom. The third-order valence-electron chi connectivity index (χ3n) is 2.77. The van der Waals surface area contributed by atoms with Crippen molar-refractivity contribution in [1.29, 1.82) is 0 Å². The summed E-state index contributed by atoms with van der Waals surface area (Å²) in [6.07, 6.45) is -0.815. The number of ether oxygens (including phenoxy) is 3. The molecule has 0 bridgehead atoms. The Labute approximate surface area is 94.1 Å². The monoisotopic (exact) mass is 231 g/mol. The maximum Gasteiger partial charge on any atom is 0.407 e. The molecule has 0 aromatic carbocycles. The number of carbonyl (C=O) groups is 1. The Morgan fingerprint density at radius 2 is 2.19 bits per heavy atom. The highest BCUT2D eigenvalue weighted by Crippen LogP contribution is 2.15. The van der Waals surface area contributed by atoms with Gasteiger partial charge in [-0.25, -0.2) is 4.79 Å². The summed E-state index contributed by atoms with van der Waals surface area (Å²) in [5.41, 5.74) is 0. The summed E-state index contributed by atoms with van der Waals surface area (Å²) in [7, 11) is 0. The highest BCUT2D eigenvalue weighted by atomic mass is 16.6. The van der Waals surface area contributed by atoms with Gasteiger partial charge in [0.1, 0.15) is 6.10 Å². The van der Waals surface area contributed by atoms with E-state index in [2.05, 4.69) is 0 Å². The Balaban J connectivity index is 1.51. The van der Waals surface area contributed by atoms with Crippen LogP contribution in [-0.2, 0) is 14.2 Å². The minimum Gasteiger partial charge on any atom is -0.465 e. The van der Waals surface area contributed by atoms with E-state index >= 15 is 0 Å². The molecule has 2 rings (SSSR count). The van der Waals surface area contributed by atoms with Crippen molar-refractivity contribution in [1.82, 2.24) is 4.90 Å². The maximum atomic E-state index is 10.5. The zero-order valence-electron chi connectivity index (χ0n) is 9.13. The Kier molecular flexibility index (Phi) is 3.98. The molecule has 0 saturated carbocycles. The highest BCUT2D eigenvalue weighted by Gasteiger charge is 2.30. The van der Waals surface area contributed by atoms with Crippen molar-refractivity contribution < 1.29 is 24.1 Å². The largest absolute Gasteiger partial charge is 0.465 e. The van der Waals surface area contributed by atoms with Crippen molar-refractivity contribution in [2.24, 2.45) is 5.92 Å². The number of carboxylic acid groups (broad SMARTS) is 1. The van der Waals surface area contributed by atoms with E-state index in [4.69, 9.17) is 19.3 Å². The standard InChI is InChI=1S/C10H17NO5/c12-10(13)11-3-8(4-11)5-15-7-9-6-14-1-2-16-9/h8-9H,1-7H2,(H,12,13)/t9-/m0/s1. The van der Waals surface area contributed by atoms with Gasteiger partial charge >= 0.3 is 6.09 Å². The van der Waals surface area contributed by atoms with Crippen LogP contribution in [0.5, 0.6) is 0 Å². The molecule has 0 aromatic heterocycles. The van der Waals surface area contributed by atoms with Gasteiger partial charge in [0, 0.05) is 19.0 Å². The number of likely N-dealkylation sites (tertiary alicyclic amines) is 1. The first-order valence-corrected chi connectivity index (χ1v) is 5.50. The summed E-state index contributed by atoms with van der Waals surface area (Å²) in [5.74, 6) is 0.334. The SMILES string of the molecule is O=C(O)N1CC(COC[C@@H]2COCCO2)C1. The lowest BCUT2D eigenvalue weighted by molar-refractivity contribution is -0.120. The molecule has 2 aliphatic heterocycles. The van der Waals surface area contributed by atoms with Crippen molar-refractivity contribution in [3.05, 3.63) is 0 Å². The van der Waals surface area contributed by atoms with Crippen molar-refractivity contribution >= 4 is 6.09 Å². The number of hydrogen-bond acceptors (Lipinski definition) is 4. The molecule has 0 aliphatic carbocycles. The van der Waals surface area contributed by atoms with E-state index in [0.29, 0.717) is 52.0 Å². The van der Waals surface area contributed by atoms with E-state index in [1.165, 1.54) is 4.90 Å². The molecular formula is C10H17NO5. The lowest BCUT2D eigenvalue weighted by Crippen LogP contribution is -2.51. The third kappa shape index (κ3) is 3.07. The quantitative estimate of drug-likeness (QED) is 0.739. The first-order valence-electron chi connectivity index (χ1n) is 5.50. The summed E-state index contributed by atoms with van der Waals surface area (Å²) in [4.78, 5) is 11.9. The van der Waals surface area contributed by atoms with Crippen molar-refractivity contribution in [2.75, 3.05) is 46.1 Å². The van der Waals surface area contributed by atoms with E-state index in [1.807, 2.05) is 0 Å². The minimum absolute atomic E-state index is 0.0319. The summed E-state index contributed by atoms with van der Waals surface area (Å²) in [6.45, 7) is 4.17. The van der Waals surface area contributed by atoms with Gasteiger partial charge in [0.05, 0.1) is 33.0 Å². The van der Waals surface area contributed by atoms with Crippen LogP contribution in [0.25, 0.3) is 0 Å². The van der Waals surface area contributed by atoms with E-state index in [1.54, 1.807) is 0 Å². The third-order valence-corrected chi connectivity index (χ3v) is 2.77. The van der Waals surface area contributed by atoms with Crippen LogP contribution in [0.2, 0.25) is 0 Å². The lowest BCUT2D eigenvalue weighted by Gasteiger charge is -2.37. The second-order valence-corrected chi connectivity index (χ2v) is 4.16. The topological polar surface area (TPSA) is 68.2 Å². The normalized spacial score (nSPS) is 26.5. The number of hydrogen-bond donors (Lipinski definition) is 1. The zero-order valence-corrected chi connectivity index (χ0v) is 9.13. The maximum absolute atomic E-state index is 10.5. The van der Waals surface area contributed by atoms with Gasteiger partial charge in [-0.15, -0.1) is 0 Å². The van der Waals surface area contributed by atoms with Crippen molar-refractivity contribution in [2.45, 2.75) is 6.10 Å². The lowest BCUT2D eigenvalue weighted by atomic mass is 10.0. The first kappa shape index (κ1) is 11.6. The Hall–Kier alpha value is -0.850. The Morgan fingerprint density at radius 1 is 1.38 bits per heavy atom. The molecule has 0 radical (unpaired) electrons. The molecule has 6 heteroatoms. The molecule has 1 N–H and O–H groups in total. The average Bonchev–Trinajstić information content (AvgIpc) is 2.22. The smallest absolute Gasteiger partial charge is 0.407 e. The number of rotatable bonds is 4. The molecule has 0 unspecified atom stereocenters. The molecule has 2 saturated heterocycles. The second kappa shape index (κ2) is 5.47. The molecule has 1 amide bonds. The molecule has 1 atom stereocenters. The number of amides is 1. The molecule has 16 heavy (non-hydrogen) atoms. The summed E-state index contributed by atoms with van der Waals surface area (Å²) in [5, 5.41) is 8.63. The fraction of sp³-hybridized carbons (Fsp3) is 0.900. The van der Waals surface area contributed by atoms with Crippen LogP contribution in [0.3, 0.4) is 0 Å². The number of nitrogens with zero attached hydrogens (tertiary/aromatic N) is 1. The molecule has 2 aliphatic rings. The van der Waals surface area contributed by atoms with Gasteiger partial charge in [-0.2, -0.15) is 0 Å². The fourth-order valence-corrected chi connectivity index (χ4v) is 1.83. The zero-order chi connectivity index (χ0) is 11.4. The molecule has 6 nitrogen and oxygen atoms in total. The highest BCUT2D eigenvalue weighted by molar-refractivity contribution is 5.65. The Bertz CT molecular complexity index is 235. The van der Waals surface area contributed by atoms with E-state index in [9.17, 15) is 4.79 Å². The van der Waals surface area contributed by atoms with Gasteiger partial charge in [0.15, 0.2) is 0 Å². The predicted octanol–water partition coefficient (Wildman–Crippen LogP) is 0.0282. The summed E-state index contributed by atoms with van der Waals surface area (Å²) in [6, 6.07) is 0. The second-order valence-electron chi connectivity index (χ2n) is 4.16. The van der Waals surface area contributed by atoms with Gasteiger partial charge in [-0.05, 0) is 0 Å². The van der Waals surface area contributed by atoms with Crippen LogP contribution in [0.15, 0.2) is 0 Å². The average molecular weight is 231 g/mol. The van der Waals surface area contributed by atoms with Crippen molar-refractivity contribution in [3.8, 4) is 0 Å². The van der Waals surface area contributed by atoms with E-state index in [0.717, 1.165) is 0 Å². The van der Waals surface area contributed by atoms with Crippen LogP contribution >= 0.6 is 0 Å². The molecular weight excluding hydrogens is 214 g/mol. The predicted molar refractivity (Wildman–Crippen MR) is 54.5 cm³/mol. The van der Waals surface area contributed by atoms with Gasteiger partial charge < -0.3 is 24.2 Å². The molecule has 2 heterocycles. The van der Waals surface area contributed by atoms with Gasteiger partial charge in [0.25, 0.3) is 0 Å². The van der Waals surface area contributed by atoms with Crippen LogP contribution in [0.4, 0.5) is 4.79 Å². The summed E-state index contributed by atoms with van der Waals surface area (Å²) < 4.78 is 16.1. The molecule has 0 spiro atoms. The fourth-order valence-electron chi connectivity index (χ4n) is 1.83. The van der Waals surface area contributed by atoms with E-state index in [-0.39, 0.29) is 6.10 Å². The molecule has 0 aromatic rings. The van der Waals surface area contributed by atoms with E-state index < -0.39 is 6.09 Å². The first-order chi connectivity index (χ1) is 7.75. The minimum atomic E-state index is -0.847. The van der Waals surface area contributed by atoms with Gasteiger partial charge in [0.2, 0.25) is 0 Å². The molecule has 92 valence electrons. The van der Waals surface area contributed by atoms with Crippen LogP contribution in [-0.4, -0.2) is 68.3 Å². The summed E-state index contributed by atoms with van der Waals surface area (Å²) >= 11 is 0. The van der Waals surface area contributed by atoms with Crippen molar-refractivity contribution in [3.63, 3.8) is 0 Å².